The first kappa shape index (κ1) is 12.4. The molecule has 2 aromatic rings. The number of nitrogen functional groups attached to an aromatic ring is 1. The highest BCUT2D eigenvalue weighted by molar-refractivity contribution is 7.92. The lowest BCUT2D eigenvalue weighted by atomic mass is 10.3. The third-order valence-corrected chi connectivity index (χ3v) is 4.26. The topological polar surface area (TPSA) is 76.3 Å². The van der Waals surface area contributed by atoms with Crippen LogP contribution in [0.2, 0.25) is 0 Å². The minimum atomic E-state index is -3.62. The predicted octanol–water partition coefficient (Wildman–Crippen LogP) is 1.49. The van der Waals surface area contributed by atoms with Crippen molar-refractivity contribution >= 4 is 21.4 Å². The fourth-order valence-corrected chi connectivity index (χ4v) is 2.71. The van der Waals surface area contributed by atoms with Crippen molar-refractivity contribution in [3.8, 4) is 0 Å². The second-order valence-corrected chi connectivity index (χ2v) is 5.73. The first-order valence-corrected chi connectivity index (χ1v) is 6.70. The number of anilines is 2. The van der Waals surface area contributed by atoms with E-state index in [0.717, 1.165) is 0 Å². The first-order valence-electron chi connectivity index (χ1n) is 5.26. The Morgan fingerprint density at radius 1 is 1.17 bits per heavy atom. The molecule has 0 radical (unpaired) electrons. The summed E-state index contributed by atoms with van der Waals surface area (Å²) >= 11 is 0. The molecular formula is C12H13N3O2S. The van der Waals surface area contributed by atoms with Gasteiger partial charge >= 0.3 is 0 Å². The van der Waals surface area contributed by atoms with Crippen molar-refractivity contribution < 1.29 is 8.42 Å². The number of nitrogens with zero attached hydrogens (tertiary/aromatic N) is 2. The van der Waals surface area contributed by atoms with Crippen LogP contribution in [0.4, 0.5) is 11.4 Å². The molecule has 1 aromatic carbocycles. The molecule has 18 heavy (non-hydrogen) atoms. The largest absolute Gasteiger partial charge is 0.397 e. The quantitative estimate of drug-likeness (QED) is 0.910. The van der Waals surface area contributed by atoms with E-state index >= 15 is 0 Å². The molecule has 2 rings (SSSR count). The standard InChI is InChI=1S/C12H13N3O2S/c1-15(11-5-3-2-4-6-11)18(16,17)12-7-10(13)8-14-9-12/h2-9H,13H2,1H3. The summed E-state index contributed by atoms with van der Waals surface area (Å²) in [7, 11) is -2.13. The van der Waals surface area contributed by atoms with Gasteiger partial charge in [0.15, 0.2) is 0 Å². The first-order chi connectivity index (χ1) is 8.51. The Kier molecular flexibility index (Phi) is 3.20. The van der Waals surface area contributed by atoms with Gasteiger partial charge in [-0.1, -0.05) is 18.2 Å². The summed E-state index contributed by atoms with van der Waals surface area (Å²) in [6.45, 7) is 0. The Hall–Kier alpha value is -2.08. The third kappa shape index (κ3) is 2.28. The van der Waals surface area contributed by atoms with E-state index in [0.29, 0.717) is 11.4 Å². The predicted molar refractivity (Wildman–Crippen MR) is 70.7 cm³/mol. The van der Waals surface area contributed by atoms with Gasteiger partial charge in [0, 0.05) is 19.4 Å². The molecule has 0 spiro atoms. The van der Waals surface area contributed by atoms with Crippen molar-refractivity contribution in [3.05, 3.63) is 48.8 Å². The minimum Gasteiger partial charge on any atom is -0.397 e. The van der Waals surface area contributed by atoms with E-state index in [1.165, 1.54) is 29.8 Å². The summed E-state index contributed by atoms with van der Waals surface area (Å²) in [5.74, 6) is 0. The van der Waals surface area contributed by atoms with Crippen LogP contribution in [0.3, 0.4) is 0 Å². The number of hydrogen-bond acceptors (Lipinski definition) is 4. The Balaban J connectivity index is 2.44. The number of hydrogen-bond donors (Lipinski definition) is 1. The lowest BCUT2D eigenvalue weighted by Crippen LogP contribution is -2.26. The molecule has 1 aromatic heterocycles. The number of aromatic nitrogens is 1. The van der Waals surface area contributed by atoms with Crippen molar-refractivity contribution in [2.24, 2.45) is 0 Å². The maximum Gasteiger partial charge on any atom is 0.265 e. The zero-order valence-corrected chi connectivity index (χ0v) is 10.6. The van der Waals surface area contributed by atoms with Crippen LogP contribution in [0.15, 0.2) is 53.7 Å². The van der Waals surface area contributed by atoms with Crippen LogP contribution in [0.5, 0.6) is 0 Å². The molecule has 0 atom stereocenters. The van der Waals surface area contributed by atoms with Crippen LogP contribution in [-0.4, -0.2) is 20.4 Å². The van der Waals surface area contributed by atoms with E-state index in [1.807, 2.05) is 6.07 Å². The highest BCUT2D eigenvalue weighted by atomic mass is 32.2. The van der Waals surface area contributed by atoms with Gasteiger partial charge in [-0.25, -0.2) is 8.42 Å². The Morgan fingerprint density at radius 2 is 1.83 bits per heavy atom. The Labute approximate surface area is 106 Å². The Morgan fingerprint density at radius 3 is 2.44 bits per heavy atom. The smallest absolute Gasteiger partial charge is 0.265 e. The van der Waals surface area contributed by atoms with E-state index in [1.54, 1.807) is 24.3 Å². The van der Waals surface area contributed by atoms with E-state index in [-0.39, 0.29) is 4.90 Å². The summed E-state index contributed by atoms with van der Waals surface area (Å²) in [6, 6.07) is 10.2. The molecular weight excluding hydrogens is 250 g/mol. The summed E-state index contributed by atoms with van der Waals surface area (Å²) in [5, 5.41) is 0. The normalized spacial score (nSPS) is 11.2. The molecule has 1 heterocycles. The van der Waals surface area contributed by atoms with Crippen molar-refractivity contribution in [2.45, 2.75) is 4.90 Å². The molecule has 0 aliphatic rings. The molecule has 2 N–H and O–H groups in total. The van der Waals surface area contributed by atoms with E-state index < -0.39 is 10.0 Å². The SMILES string of the molecule is CN(c1ccccc1)S(=O)(=O)c1cncc(N)c1. The van der Waals surface area contributed by atoms with E-state index in [2.05, 4.69) is 4.98 Å². The van der Waals surface area contributed by atoms with Crippen LogP contribution in [0, 0.1) is 0 Å². The second-order valence-electron chi connectivity index (χ2n) is 3.76. The molecule has 0 fully saturated rings. The van der Waals surface area contributed by atoms with Gasteiger partial charge in [-0.3, -0.25) is 9.29 Å². The number of pyridine rings is 1. The monoisotopic (exact) mass is 263 g/mol. The summed E-state index contributed by atoms with van der Waals surface area (Å²) in [4.78, 5) is 3.87. The average Bonchev–Trinajstić information content (AvgIpc) is 2.39. The number of benzene rings is 1. The highest BCUT2D eigenvalue weighted by Crippen LogP contribution is 2.21. The fourth-order valence-electron chi connectivity index (χ4n) is 1.51. The van der Waals surface area contributed by atoms with Crippen molar-refractivity contribution in [2.75, 3.05) is 17.1 Å². The molecule has 0 bridgehead atoms. The lowest BCUT2D eigenvalue weighted by molar-refractivity contribution is 0.594. The minimum absolute atomic E-state index is 0.0776. The molecule has 6 heteroatoms. The fraction of sp³-hybridized carbons (Fsp3) is 0.0833. The number of rotatable bonds is 3. The summed E-state index contributed by atoms with van der Waals surface area (Å²) < 4.78 is 25.8. The van der Waals surface area contributed by atoms with Gasteiger partial charge in [0.05, 0.1) is 11.4 Å². The molecule has 94 valence electrons. The lowest BCUT2D eigenvalue weighted by Gasteiger charge is -2.19. The molecule has 0 amide bonds. The second kappa shape index (κ2) is 4.66. The van der Waals surface area contributed by atoms with Gasteiger partial charge in [0.25, 0.3) is 10.0 Å². The molecule has 0 aliphatic heterocycles. The maximum atomic E-state index is 12.3. The van der Waals surface area contributed by atoms with Crippen LogP contribution < -0.4 is 10.0 Å². The van der Waals surface area contributed by atoms with Gasteiger partial charge in [-0.05, 0) is 18.2 Å². The van der Waals surface area contributed by atoms with Crippen molar-refractivity contribution in [1.82, 2.24) is 4.98 Å². The third-order valence-electron chi connectivity index (χ3n) is 2.51. The van der Waals surface area contributed by atoms with E-state index in [4.69, 9.17) is 5.73 Å². The van der Waals surface area contributed by atoms with Crippen LogP contribution >= 0.6 is 0 Å². The van der Waals surface area contributed by atoms with Crippen LogP contribution in [0.25, 0.3) is 0 Å². The molecule has 0 saturated carbocycles. The zero-order valence-electron chi connectivity index (χ0n) is 9.82. The molecule has 5 nitrogen and oxygen atoms in total. The van der Waals surface area contributed by atoms with Gasteiger partial charge in [0.1, 0.15) is 4.90 Å². The molecule has 0 unspecified atom stereocenters. The number of nitrogens with two attached hydrogens (primary N) is 1. The van der Waals surface area contributed by atoms with Crippen molar-refractivity contribution in [3.63, 3.8) is 0 Å². The van der Waals surface area contributed by atoms with Crippen LogP contribution in [0.1, 0.15) is 0 Å². The van der Waals surface area contributed by atoms with Crippen molar-refractivity contribution in [1.29, 1.82) is 0 Å². The molecule has 0 aliphatic carbocycles. The van der Waals surface area contributed by atoms with E-state index in [9.17, 15) is 8.42 Å². The molecule has 0 saturated heterocycles. The van der Waals surface area contributed by atoms with Crippen LogP contribution in [-0.2, 0) is 10.0 Å². The van der Waals surface area contributed by atoms with Gasteiger partial charge in [-0.2, -0.15) is 0 Å². The summed E-state index contributed by atoms with van der Waals surface area (Å²) in [6.07, 6.45) is 2.69. The highest BCUT2D eigenvalue weighted by Gasteiger charge is 2.21. The Bertz CT molecular complexity index is 641. The van der Waals surface area contributed by atoms with Gasteiger partial charge in [-0.15, -0.1) is 0 Å². The van der Waals surface area contributed by atoms with Gasteiger partial charge < -0.3 is 5.73 Å². The average molecular weight is 263 g/mol. The maximum absolute atomic E-state index is 12.3. The summed E-state index contributed by atoms with van der Waals surface area (Å²) in [5.41, 5.74) is 6.45. The zero-order chi connectivity index (χ0) is 13.2. The number of sulfonamides is 1. The van der Waals surface area contributed by atoms with Gasteiger partial charge in [0.2, 0.25) is 0 Å². The number of para-hydroxylation sites is 1.